The van der Waals surface area contributed by atoms with Gasteiger partial charge in [-0.05, 0) is 13.0 Å². The van der Waals surface area contributed by atoms with E-state index in [0.717, 1.165) is 5.69 Å². The summed E-state index contributed by atoms with van der Waals surface area (Å²) in [5, 5.41) is 12.6. The summed E-state index contributed by atoms with van der Waals surface area (Å²) in [5.41, 5.74) is 6.06. The highest BCUT2D eigenvalue weighted by Crippen LogP contribution is 2.10. The predicted octanol–water partition coefficient (Wildman–Crippen LogP) is 0.0337. The second-order valence-corrected chi connectivity index (χ2v) is 4.10. The van der Waals surface area contributed by atoms with Gasteiger partial charge >= 0.3 is 0 Å². The van der Waals surface area contributed by atoms with Crippen LogP contribution in [0.2, 0.25) is 0 Å². The molecule has 0 amide bonds. The maximum absolute atomic E-state index is 11.4. The first kappa shape index (κ1) is 9.78. The zero-order valence-corrected chi connectivity index (χ0v) is 8.86. The van der Waals surface area contributed by atoms with Crippen molar-refractivity contribution < 1.29 is 0 Å². The van der Waals surface area contributed by atoms with Crippen molar-refractivity contribution in [2.45, 2.75) is 13.5 Å². The average Bonchev–Trinajstić information content (AvgIpc) is 2.58. The van der Waals surface area contributed by atoms with Crippen LogP contribution in [0.3, 0.4) is 0 Å². The molecule has 0 aliphatic rings. The largest absolute Gasteiger partial charge is 0.374 e. The summed E-state index contributed by atoms with van der Waals surface area (Å²) >= 11 is 1.25. The number of aromatic nitrogens is 4. The summed E-state index contributed by atoms with van der Waals surface area (Å²) in [4.78, 5) is 11.4. The smallest absolute Gasteiger partial charge is 0.267 e. The zero-order chi connectivity index (χ0) is 10.8. The number of nitrogens with zero attached hydrogens (tertiary/aromatic N) is 4. The maximum atomic E-state index is 11.4. The Morgan fingerprint density at radius 2 is 2.27 bits per heavy atom. The molecule has 7 heteroatoms. The van der Waals surface area contributed by atoms with Gasteiger partial charge in [-0.3, -0.25) is 4.79 Å². The minimum atomic E-state index is -0.158. The van der Waals surface area contributed by atoms with Gasteiger partial charge in [0.15, 0.2) is 0 Å². The van der Waals surface area contributed by atoms with Crippen molar-refractivity contribution in [3.05, 3.63) is 33.2 Å². The highest BCUT2D eigenvalue weighted by atomic mass is 32.1. The van der Waals surface area contributed by atoms with Crippen molar-refractivity contribution in [1.82, 2.24) is 20.0 Å². The molecule has 2 rings (SSSR count). The molecule has 0 aliphatic heterocycles. The zero-order valence-electron chi connectivity index (χ0n) is 8.04. The normalized spacial score (nSPS) is 10.5. The van der Waals surface area contributed by atoms with Crippen molar-refractivity contribution in [3.63, 3.8) is 0 Å². The van der Waals surface area contributed by atoms with Crippen LogP contribution in [0.4, 0.5) is 5.13 Å². The van der Waals surface area contributed by atoms with E-state index in [-0.39, 0.29) is 5.56 Å². The summed E-state index contributed by atoms with van der Waals surface area (Å²) in [5.74, 6) is 0. The van der Waals surface area contributed by atoms with Gasteiger partial charge in [0.2, 0.25) is 5.13 Å². The topological polar surface area (TPSA) is 86.7 Å². The molecule has 2 heterocycles. The minimum absolute atomic E-state index is 0.158. The first-order valence-electron chi connectivity index (χ1n) is 4.28. The van der Waals surface area contributed by atoms with Crippen molar-refractivity contribution in [2.75, 3.05) is 5.73 Å². The molecule has 0 spiro atoms. The minimum Gasteiger partial charge on any atom is -0.374 e. The summed E-state index contributed by atoms with van der Waals surface area (Å²) in [7, 11) is 0. The average molecular weight is 223 g/mol. The molecule has 6 nitrogen and oxygen atoms in total. The fourth-order valence-corrected chi connectivity index (χ4v) is 1.71. The summed E-state index contributed by atoms with van der Waals surface area (Å²) < 4.78 is 1.34. The van der Waals surface area contributed by atoms with Gasteiger partial charge in [-0.2, -0.15) is 5.10 Å². The van der Waals surface area contributed by atoms with Crippen molar-refractivity contribution in [1.29, 1.82) is 0 Å². The third-order valence-corrected chi connectivity index (χ3v) is 2.50. The number of nitrogen functional groups attached to an aromatic ring is 1. The van der Waals surface area contributed by atoms with Gasteiger partial charge in [-0.25, -0.2) is 4.68 Å². The van der Waals surface area contributed by atoms with Gasteiger partial charge < -0.3 is 5.73 Å². The van der Waals surface area contributed by atoms with Crippen LogP contribution in [0, 0.1) is 6.92 Å². The Labute approximate surface area is 89.4 Å². The first-order valence-corrected chi connectivity index (χ1v) is 5.09. The van der Waals surface area contributed by atoms with Crippen molar-refractivity contribution in [3.8, 4) is 0 Å². The van der Waals surface area contributed by atoms with Crippen LogP contribution in [0.15, 0.2) is 16.9 Å². The lowest BCUT2D eigenvalue weighted by Gasteiger charge is -2.00. The first-order chi connectivity index (χ1) is 7.15. The second-order valence-electron chi connectivity index (χ2n) is 3.00. The molecule has 0 radical (unpaired) electrons. The van der Waals surface area contributed by atoms with E-state index in [1.165, 1.54) is 22.1 Å². The molecule has 0 atom stereocenters. The maximum Gasteiger partial charge on any atom is 0.267 e. The predicted molar refractivity (Wildman–Crippen MR) is 56.7 cm³/mol. The fourth-order valence-electron chi connectivity index (χ4n) is 1.12. The van der Waals surface area contributed by atoms with Crippen LogP contribution in [-0.2, 0) is 6.54 Å². The summed E-state index contributed by atoms with van der Waals surface area (Å²) in [6, 6.07) is 3.15. The van der Waals surface area contributed by atoms with E-state index in [4.69, 9.17) is 5.73 Å². The van der Waals surface area contributed by atoms with Gasteiger partial charge in [0.1, 0.15) is 5.01 Å². The van der Waals surface area contributed by atoms with Crippen LogP contribution < -0.4 is 11.3 Å². The molecule has 0 fully saturated rings. The van der Waals surface area contributed by atoms with Crippen LogP contribution >= 0.6 is 11.3 Å². The lowest BCUT2D eigenvalue weighted by atomic mass is 10.4. The quantitative estimate of drug-likeness (QED) is 0.776. The van der Waals surface area contributed by atoms with E-state index in [1.807, 2.05) is 6.92 Å². The lowest BCUT2D eigenvalue weighted by Crippen LogP contribution is -2.22. The highest BCUT2D eigenvalue weighted by molar-refractivity contribution is 7.15. The number of rotatable bonds is 2. The number of hydrogen-bond acceptors (Lipinski definition) is 6. The second kappa shape index (κ2) is 3.77. The Morgan fingerprint density at radius 3 is 2.93 bits per heavy atom. The van der Waals surface area contributed by atoms with Crippen LogP contribution in [0.25, 0.3) is 0 Å². The van der Waals surface area contributed by atoms with Gasteiger partial charge in [0, 0.05) is 6.07 Å². The molecule has 0 unspecified atom stereocenters. The number of anilines is 1. The molecule has 0 saturated carbocycles. The van der Waals surface area contributed by atoms with E-state index in [1.54, 1.807) is 6.07 Å². The van der Waals surface area contributed by atoms with Crippen molar-refractivity contribution >= 4 is 16.5 Å². The van der Waals surface area contributed by atoms with Gasteiger partial charge in [-0.15, -0.1) is 10.2 Å². The van der Waals surface area contributed by atoms with E-state index < -0.39 is 0 Å². The molecule has 2 aromatic rings. The molecule has 2 aromatic heterocycles. The SMILES string of the molecule is Cc1ccc(=O)n(Cc2nnc(N)s2)n1. The van der Waals surface area contributed by atoms with Crippen LogP contribution in [-0.4, -0.2) is 20.0 Å². The van der Waals surface area contributed by atoms with Gasteiger partial charge in [0.25, 0.3) is 5.56 Å². The molecule has 15 heavy (non-hydrogen) atoms. The Balaban J connectivity index is 2.31. The summed E-state index contributed by atoms with van der Waals surface area (Å²) in [6.45, 7) is 2.14. The third-order valence-electron chi connectivity index (χ3n) is 1.77. The lowest BCUT2D eigenvalue weighted by molar-refractivity contribution is 0.622. The Morgan fingerprint density at radius 1 is 1.47 bits per heavy atom. The summed E-state index contributed by atoms with van der Waals surface area (Å²) in [6.07, 6.45) is 0. The Kier molecular flexibility index (Phi) is 2.46. The number of hydrogen-bond donors (Lipinski definition) is 1. The molecular weight excluding hydrogens is 214 g/mol. The highest BCUT2D eigenvalue weighted by Gasteiger charge is 2.04. The molecule has 0 aromatic carbocycles. The molecule has 0 saturated heterocycles. The van der Waals surface area contributed by atoms with Crippen LogP contribution in [0.1, 0.15) is 10.7 Å². The van der Waals surface area contributed by atoms with E-state index in [9.17, 15) is 4.79 Å². The monoisotopic (exact) mass is 223 g/mol. The molecule has 0 aliphatic carbocycles. The van der Waals surface area contributed by atoms with Crippen molar-refractivity contribution in [2.24, 2.45) is 0 Å². The molecule has 2 N–H and O–H groups in total. The van der Waals surface area contributed by atoms with Crippen LogP contribution in [0.5, 0.6) is 0 Å². The van der Waals surface area contributed by atoms with E-state index >= 15 is 0 Å². The van der Waals surface area contributed by atoms with E-state index in [2.05, 4.69) is 15.3 Å². The molecule has 78 valence electrons. The Hall–Kier alpha value is -1.76. The fraction of sp³-hybridized carbons (Fsp3) is 0.250. The third kappa shape index (κ3) is 2.18. The number of nitrogens with two attached hydrogens (primary N) is 1. The van der Waals surface area contributed by atoms with Gasteiger partial charge in [-0.1, -0.05) is 11.3 Å². The Bertz CT molecular complexity index is 532. The van der Waals surface area contributed by atoms with Gasteiger partial charge in [0.05, 0.1) is 12.2 Å². The molecular formula is C8H9N5OS. The molecule has 0 bridgehead atoms. The standard InChI is InChI=1S/C8H9N5OS/c1-5-2-3-7(14)13(12-5)4-6-10-11-8(9)15-6/h2-3H,4H2,1H3,(H2,9,11). The van der Waals surface area contributed by atoms with E-state index in [0.29, 0.717) is 16.7 Å². The number of aryl methyl sites for hydroxylation is 1.